The van der Waals surface area contributed by atoms with Crippen LogP contribution in [0.1, 0.15) is 18.4 Å². The van der Waals surface area contributed by atoms with Gasteiger partial charge in [-0.25, -0.2) is 8.78 Å². The second kappa shape index (κ2) is 3.81. The summed E-state index contributed by atoms with van der Waals surface area (Å²) >= 11 is 0. The van der Waals surface area contributed by atoms with E-state index in [1.54, 1.807) is 0 Å². The molecule has 0 aliphatic carbocycles. The lowest BCUT2D eigenvalue weighted by Crippen LogP contribution is -2.47. The molecular weight excluding hydrogens is 222 g/mol. The van der Waals surface area contributed by atoms with E-state index in [0.717, 1.165) is 32.0 Å². The second-order valence-corrected chi connectivity index (χ2v) is 4.72. The lowest BCUT2D eigenvalue weighted by molar-refractivity contribution is 0.398. The van der Waals surface area contributed by atoms with Crippen molar-refractivity contribution in [3.8, 4) is 0 Å². The fourth-order valence-corrected chi connectivity index (χ4v) is 2.56. The van der Waals surface area contributed by atoms with Crippen LogP contribution in [0.2, 0.25) is 0 Å². The Morgan fingerprint density at radius 2 is 1.88 bits per heavy atom. The molecule has 0 saturated carbocycles. The van der Waals surface area contributed by atoms with Gasteiger partial charge in [0.05, 0.1) is 11.2 Å². The molecule has 0 amide bonds. The van der Waals surface area contributed by atoms with Gasteiger partial charge in [0.1, 0.15) is 11.6 Å². The van der Waals surface area contributed by atoms with Crippen molar-refractivity contribution in [1.29, 1.82) is 0 Å². The number of rotatable bonds is 0. The Kier molecular flexibility index (Phi) is 2.40. The monoisotopic (exact) mass is 236 g/mol. The molecule has 90 valence electrons. The van der Waals surface area contributed by atoms with Gasteiger partial charge >= 0.3 is 0 Å². The third kappa shape index (κ3) is 1.82. The smallest absolute Gasteiger partial charge is 0.149 e. The fraction of sp³-hybridized carbons (Fsp3) is 0.385. The van der Waals surface area contributed by atoms with Gasteiger partial charge in [0.25, 0.3) is 0 Å². The van der Waals surface area contributed by atoms with Crippen molar-refractivity contribution in [1.82, 2.24) is 5.32 Å². The lowest BCUT2D eigenvalue weighted by Gasteiger charge is -2.39. The van der Waals surface area contributed by atoms with Crippen LogP contribution >= 0.6 is 0 Å². The van der Waals surface area contributed by atoms with Gasteiger partial charge in [0.2, 0.25) is 0 Å². The molecule has 1 aromatic rings. The van der Waals surface area contributed by atoms with Gasteiger partial charge in [-0.3, -0.25) is 0 Å². The summed E-state index contributed by atoms with van der Waals surface area (Å²) in [7, 11) is 0. The molecule has 1 saturated heterocycles. The molecule has 0 unspecified atom stereocenters. The van der Waals surface area contributed by atoms with Crippen molar-refractivity contribution >= 4 is 11.8 Å². The maximum atomic E-state index is 13.7. The number of halogens is 2. The Balaban J connectivity index is 2.00. The zero-order valence-corrected chi connectivity index (χ0v) is 9.39. The van der Waals surface area contributed by atoms with Crippen molar-refractivity contribution in [3.05, 3.63) is 35.4 Å². The molecule has 2 N–H and O–H groups in total. The average molecular weight is 236 g/mol. The lowest BCUT2D eigenvalue weighted by atomic mass is 9.84. The summed E-state index contributed by atoms with van der Waals surface area (Å²) in [6.07, 6.45) is 5.69. The molecule has 1 aromatic carbocycles. The molecule has 0 atom stereocenters. The maximum Gasteiger partial charge on any atom is 0.149 e. The first-order chi connectivity index (χ1) is 8.19. The van der Waals surface area contributed by atoms with E-state index in [9.17, 15) is 8.78 Å². The molecule has 1 spiro atoms. The van der Waals surface area contributed by atoms with Crippen LogP contribution in [0.25, 0.3) is 6.08 Å². The van der Waals surface area contributed by atoms with E-state index in [2.05, 4.69) is 10.6 Å². The summed E-state index contributed by atoms with van der Waals surface area (Å²) in [5, 5.41) is 6.52. The number of hydrogen-bond donors (Lipinski definition) is 2. The first-order valence-electron chi connectivity index (χ1n) is 5.86. The highest BCUT2D eigenvalue weighted by Crippen LogP contribution is 2.35. The van der Waals surface area contributed by atoms with Crippen molar-refractivity contribution in [2.24, 2.45) is 0 Å². The van der Waals surface area contributed by atoms with Crippen LogP contribution in [-0.4, -0.2) is 18.6 Å². The Bertz CT molecular complexity index is 477. The first-order valence-corrected chi connectivity index (χ1v) is 5.86. The zero-order chi connectivity index (χ0) is 11.9. The minimum absolute atomic E-state index is 0.170. The van der Waals surface area contributed by atoms with E-state index >= 15 is 0 Å². The quantitative estimate of drug-likeness (QED) is 0.723. The summed E-state index contributed by atoms with van der Waals surface area (Å²) in [5.74, 6) is -1.05. The van der Waals surface area contributed by atoms with Gasteiger partial charge in [0, 0.05) is 11.6 Å². The predicted octanol–water partition coefficient (Wildman–Crippen LogP) is 2.53. The van der Waals surface area contributed by atoms with Gasteiger partial charge < -0.3 is 10.6 Å². The topological polar surface area (TPSA) is 24.1 Å². The van der Waals surface area contributed by atoms with Gasteiger partial charge in [-0.05, 0) is 32.0 Å². The van der Waals surface area contributed by atoms with Crippen LogP contribution in [0.4, 0.5) is 14.5 Å². The summed E-state index contributed by atoms with van der Waals surface area (Å²) in [6, 6.07) is 2.29. The van der Waals surface area contributed by atoms with E-state index in [1.165, 1.54) is 6.07 Å². The summed E-state index contributed by atoms with van der Waals surface area (Å²) in [4.78, 5) is 0. The van der Waals surface area contributed by atoms with Gasteiger partial charge in [-0.2, -0.15) is 0 Å². The highest BCUT2D eigenvalue weighted by molar-refractivity contribution is 5.73. The fourth-order valence-electron chi connectivity index (χ4n) is 2.56. The maximum absolute atomic E-state index is 13.7. The molecule has 0 bridgehead atoms. The molecule has 0 aromatic heterocycles. The number of nitrogens with one attached hydrogen (secondary N) is 2. The van der Waals surface area contributed by atoms with Crippen LogP contribution in [-0.2, 0) is 0 Å². The number of hydrogen-bond acceptors (Lipinski definition) is 2. The second-order valence-electron chi connectivity index (χ2n) is 4.72. The van der Waals surface area contributed by atoms with Gasteiger partial charge in [0.15, 0.2) is 0 Å². The first kappa shape index (κ1) is 10.7. The molecule has 2 nitrogen and oxygen atoms in total. The molecule has 2 heterocycles. The van der Waals surface area contributed by atoms with Crippen LogP contribution < -0.4 is 10.6 Å². The van der Waals surface area contributed by atoms with Crippen LogP contribution in [0.5, 0.6) is 0 Å². The van der Waals surface area contributed by atoms with E-state index < -0.39 is 11.6 Å². The van der Waals surface area contributed by atoms with Gasteiger partial charge in [-0.15, -0.1) is 0 Å². The highest BCUT2D eigenvalue weighted by atomic mass is 19.1. The molecule has 4 heteroatoms. The number of fused-ring (bicyclic) bond motifs is 1. The number of piperidine rings is 1. The Hall–Kier alpha value is -1.42. The zero-order valence-electron chi connectivity index (χ0n) is 9.39. The van der Waals surface area contributed by atoms with Crippen LogP contribution in [0.3, 0.4) is 0 Å². The van der Waals surface area contributed by atoms with Crippen molar-refractivity contribution < 1.29 is 8.78 Å². The number of benzene rings is 1. The largest absolute Gasteiger partial charge is 0.373 e. The molecular formula is C13H14F2N2. The molecule has 3 rings (SSSR count). The third-order valence-corrected chi connectivity index (χ3v) is 3.54. The van der Waals surface area contributed by atoms with E-state index in [0.29, 0.717) is 11.3 Å². The highest BCUT2D eigenvalue weighted by Gasteiger charge is 2.33. The van der Waals surface area contributed by atoms with Crippen molar-refractivity contribution in [2.75, 3.05) is 18.4 Å². The third-order valence-electron chi connectivity index (χ3n) is 3.54. The van der Waals surface area contributed by atoms with Gasteiger partial charge in [-0.1, -0.05) is 12.2 Å². The Morgan fingerprint density at radius 3 is 2.65 bits per heavy atom. The normalized spacial score (nSPS) is 21.1. The van der Waals surface area contributed by atoms with Crippen LogP contribution in [0.15, 0.2) is 18.2 Å². The van der Waals surface area contributed by atoms with E-state index in [1.807, 2.05) is 12.2 Å². The molecule has 2 aliphatic heterocycles. The van der Waals surface area contributed by atoms with E-state index in [-0.39, 0.29) is 5.54 Å². The average Bonchev–Trinajstić information content (AvgIpc) is 2.32. The van der Waals surface area contributed by atoms with Crippen LogP contribution in [0, 0.1) is 11.6 Å². The standard InChI is InChI=1S/C13H14F2N2/c14-10-7-9-1-2-13(3-5-16-6-4-13)17-12(9)11(15)8-10/h1-2,7-8,16-17H,3-6H2. The molecule has 1 fully saturated rings. The minimum atomic E-state index is -0.533. The van der Waals surface area contributed by atoms with Crippen molar-refractivity contribution in [3.63, 3.8) is 0 Å². The molecule has 0 radical (unpaired) electrons. The van der Waals surface area contributed by atoms with E-state index in [4.69, 9.17) is 0 Å². The van der Waals surface area contributed by atoms with Crippen molar-refractivity contribution in [2.45, 2.75) is 18.4 Å². The molecule has 17 heavy (non-hydrogen) atoms. The summed E-state index contributed by atoms with van der Waals surface area (Å²) in [6.45, 7) is 1.82. The SMILES string of the molecule is Fc1cc(F)c2c(c1)C=CC1(CCNCC1)N2. The molecule has 2 aliphatic rings. The predicted molar refractivity (Wildman–Crippen MR) is 63.8 cm³/mol. The summed E-state index contributed by atoms with van der Waals surface area (Å²) in [5.41, 5.74) is 0.846. The number of anilines is 1. The Labute approximate surface area is 98.7 Å². The minimum Gasteiger partial charge on any atom is -0.373 e. The summed E-state index contributed by atoms with van der Waals surface area (Å²) < 4.78 is 26.8. The Morgan fingerprint density at radius 1 is 1.12 bits per heavy atom.